The van der Waals surface area contributed by atoms with Gasteiger partial charge < -0.3 is 5.73 Å². The van der Waals surface area contributed by atoms with Gasteiger partial charge in [0.15, 0.2) is 0 Å². The van der Waals surface area contributed by atoms with E-state index in [4.69, 9.17) is 5.73 Å². The topological polar surface area (TPSA) is 80.5 Å². The second kappa shape index (κ2) is 5.56. The van der Waals surface area contributed by atoms with Crippen LogP contribution in [0.4, 0.5) is 0 Å². The van der Waals surface area contributed by atoms with E-state index in [2.05, 4.69) is 0 Å². The molecular weight excluding hydrogens is 324 g/mol. The normalized spacial score (nSPS) is 32.7. The van der Waals surface area contributed by atoms with Crippen LogP contribution in [0.5, 0.6) is 0 Å². The van der Waals surface area contributed by atoms with Crippen LogP contribution in [0.3, 0.4) is 0 Å². The van der Waals surface area contributed by atoms with Crippen molar-refractivity contribution in [2.45, 2.75) is 50.0 Å². The number of sulfonamides is 1. The van der Waals surface area contributed by atoms with Crippen LogP contribution < -0.4 is 5.73 Å². The molecule has 4 bridgehead atoms. The summed E-state index contributed by atoms with van der Waals surface area (Å²) in [5.74, 6) is 1.27. The van der Waals surface area contributed by atoms with Gasteiger partial charge in [-0.25, -0.2) is 8.42 Å². The third-order valence-electron chi connectivity index (χ3n) is 6.14. The highest BCUT2D eigenvalue weighted by Crippen LogP contribution is 2.48. The van der Waals surface area contributed by atoms with E-state index in [1.807, 2.05) is 0 Å². The molecule has 1 amide bonds. The van der Waals surface area contributed by atoms with Gasteiger partial charge in [0.1, 0.15) is 0 Å². The quantitative estimate of drug-likeness (QED) is 0.910. The molecule has 4 aliphatic rings. The van der Waals surface area contributed by atoms with Crippen LogP contribution in [-0.4, -0.2) is 31.2 Å². The van der Waals surface area contributed by atoms with Crippen LogP contribution in [0.15, 0.2) is 23.1 Å². The molecule has 2 unspecified atom stereocenters. The monoisotopic (exact) mass is 348 g/mol. The number of hydrogen-bond acceptors (Lipinski definition) is 3. The van der Waals surface area contributed by atoms with Crippen molar-refractivity contribution >= 4 is 15.9 Å². The summed E-state index contributed by atoms with van der Waals surface area (Å²) in [6, 6.07) is 4.84. The standard InChI is InChI=1S/C18H24N2O3S/c1-11-2-3-16(9-17(11)18(19)21)24(22,23)20-10-14-5-12-4-13(6-14)8-15(20)7-12/h2-3,9,12-15H,4-8,10H2,1H3,(H2,19,21)/t12-,13+,14?,15?. The summed E-state index contributed by atoms with van der Waals surface area (Å²) in [5.41, 5.74) is 6.39. The number of rotatable bonds is 3. The number of amides is 1. The zero-order chi connectivity index (χ0) is 17.1. The predicted molar refractivity (Wildman–Crippen MR) is 90.9 cm³/mol. The van der Waals surface area contributed by atoms with Gasteiger partial charge in [-0.05, 0) is 74.5 Å². The van der Waals surface area contributed by atoms with Crippen molar-refractivity contribution in [3.63, 3.8) is 0 Å². The Balaban J connectivity index is 1.73. The maximum Gasteiger partial charge on any atom is 0.249 e. The lowest BCUT2D eigenvalue weighted by atomic mass is 9.68. The maximum atomic E-state index is 13.3. The van der Waals surface area contributed by atoms with Crippen LogP contribution in [-0.2, 0) is 10.0 Å². The summed E-state index contributed by atoms with van der Waals surface area (Å²) in [6.45, 7) is 2.39. The SMILES string of the molecule is Cc1ccc(S(=O)(=O)N2CC3C[C@@H]4CC2C[C@H](C3)C4)cc1C(N)=O. The molecule has 2 heterocycles. The molecular formula is C18H24N2O3S. The molecule has 1 aromatic rings. The first-order chi connectivity index (χ1) is 11.3. The largest absolute Gasteiger partial charge is 0.366 e. The summed E-state index contributed by atoms with van der Waals surface area (Å²) in [6.07, 6.45) is 5.58. The number of benzene rings is 1. The lowest BCUT2D eigenvalue weighted by molar-refractivity contribution is 0.0999. The Morgan fingerprint density at radius 1 is 1.08 bits per heavy atom. The number of nitrogens with two attached hydrogens (primary N) is 1. The first-order valence-corrected chi connectivity index (χ1v) is 10.2. The first-order valence-electron chi connectivity index (χ1n) is 8.77. The minimum Gasteiger partial charge on any atom is -0.366 e. The lowest BCUT2D eigenvalue weighted by Crippen LogP contribution is -2.42. The molecule has 5 rings (SSSR count). The summed E-state index contributed by atoms with van der Waals surface area (Å²) < 4.78 is 28.3. The molecule has 2 saturated heterocycles. The van der Waals surface area contributed by atoms with Crippen LogP contribution in [0.25, 0.3) is 0 Å². The smallest absolute Gasteiger partial charge is 0.249 e. The molecule has 0 radical (unpaired) electrons. The van der Waals surface area contributed by atoms with E-state index in [0.29, 0.717) is 29.9 Å². The van der Waals surface area contributed by atoms with Crippen LogP contribution in [0.2, 0.25) is 0 Å². The third-order valence-corrected chi connectivity index (χ3v) is 8.05. The Bertz CT molecular complexity index is 775. The van der Waals surface area contributed by atoms with Crippen LogP contribution >= 0.6 is 0 Å². The van der Waals surface area contributed by atoms with Gasteiger partial charge in [-0.2, -0.15) is 4.31 Å². The van der Waals surface area contributed by atoms with Gasteiger partial charge in [-0.1, -0.05) is 6.07 Å². The van der Waals surface area contributed by atoms with Gasteiger partial charge in [0.25, 0.3) is 0 Å². The number of nitrogens with zero attached hydrogens (tertiary/aromatic N) is 1. The van der Waals surface area contributed by atoms with E-state index in [9.17, 15) is 13.2 Å². The molecule has 2 aliphatic carbocycles. The highest BCUT2D eigenvalue weighted by atomic mass is 32.2. The fourth-order valence-electron chi connectivity index (χ4n) is 5.20. The number of aryl methyl sites for hydroxylation is 1. The average Bonchev–Trinajstić information content (AvgIpc) is 2.71. The second-order valence-corrected chi connectivity index (χ2v) is 9.74. The summed E-state index contributed by atoms with van der Waals surface area (Å²) in [5, 5.41) is 0. The number of carbonyl (C=O) groups excluding carboxylic acids is 1. The summed E-state index contributed by atoms with van der Waals surface area (Å²) in [4.78, 5) is 11.8. The number of fused-ring (bicyclic) bond motifs is 1. The highest BCUT2D eigenvalue weighted by molar-refractivity contribution is 7.89. The first kappa shape index (κ1) is 16.1. The van der Waals surface area contributed by atoms with Gasteiger partial charge >= 0.3 is 0 Å². The molecule has 2 N–H and O–H groups in total. The number of carbonyl (C=O) groups is 1. The van der Waals surface area contributed by atoms with Gasteiger partial charge in [0.2, 0.25) is 15.9 Å². The predicted octanol–water partition coefficient (Wildman–Crippen LogP) is 2.29. The highest BCUT2D eigenvalue weighted by Gasteiger charge is 2.46. The Morgan fingerprint density at radius 2 is 1.71 bits per heavy atom. The van der Waals surface area contributed by atoms with Crippen LogP contribution in [0, 0.1) is 24.7 Å². The molecule has 1 aromatic carbocycles. The van der Waals surface area contributed by atoms with Crippen molar-refractivity contribution in [1.29, 1.82) is 0 Å². The van der Waals surface area contributed by atoms with E-state index >= 15 is 0 Å². The van der Waals surface area contributed by atoms with Crippen molar-refractivity contribution < 1.29 is 13.2 Å². The minimum atomic E-state index is -3.59. The molecule has 4 fully saturated rings. The Hall–Kier alpha value is -1.40. The van der Waals surface area contributed by atoms with Gasteiger partial charge in [-0.3, -0.25) is 4.79 Å². The summed E-state index contributed by atoms with van der Waals surface area (Å²) >= 11 is 0. The Morgan fingerprint density at radius 3 is 2.33 bits per heavy atom. The molecule has 6 heteroatoms. The van der Waals surface area contributed by atoms with Crippen LogP contribution in [0.1, 0.15) is 48.0 Å². The molecule has 0 aromatic heterocycles. The zero-order valence-electron chi connectivity index (χ0n) is 13.9. The average molecular weight is 348 g/mol. The number of hydrogen-bond donors (Lipinski definition) is 1. The fourth-order valence-corrected chi connectivity index (χ4v) is 6.95. The van der Waals surface area contributed by atoms with Gasteiger partial charge in [-0.15, -0.1) is 0 Å². The van der Waals surface area contributed by atoms with Gasteiger partial charge in [0, 0.05) is 18.2 Å². The van der Waals surface area contributed by atoms with E-state index < -0.39 is 15.9 Å². The third kappa shape index (κ3) is 2.56. The van der Waals surface area contributed by atoms with Crippen molar-refractivity contribution in [1.82, 2.24) is 4.31 Å². The van der Waals surface area contributed by atoms with E-state index in [0.717, 1.165) is 12.8 Å². The van der Waals surface area contributed by atoms with Crippen molar-refractivity contribution in [3.05, 3.63) is 29.3 Å². The minimum absolute atomic E-state index is 0.115. The summed E-state index contributed by atoms with van der Waals surface area (Å²) in [7, 11) is -3.59. The van der Waals surface area contributed by atoms with Crippen molar-refractivity contribution in [3.8, 4) is 0 Å². The molecule has 2 saturated carbocycles. The molecule has 5 nitrogen and oxygen atoms in total. The fraction of sp³-hybridized carbons (Fsp3) is 0.611. The molecule has 24 heavy (non-hydrogen) atoms. The lowest BCUT2D eigenvalue weighted by Gasteiger charge is -2.38. The van der Waals surface area contributed by atoms with E-state index in [-0.39, 0.29) is 16.5 Å². The molecule has 4 atom stereocenters. The molecule has 0 spiro atoms. The second-order valence-electron chi connectivity index (χ2n) is 7.85. The Kier molecular flexibility index (Phi) is 3.73. The number of primary amides is 1. The van der Waals surface area contributed by atoms with E-state index in [1.165, 1.54) is 25.3 Å². The molecule has 2 aliphatic heterocycles. The van der Waals surface area contributed by atoms with E-state index in [1.54, 1.807) is 23.4 Å². The Labute approximate surface area is 143 Å². The maximum absolute atomic E-state index is 13.3. The van der Waals surface area contributed by atoms with Crippen molar-refractivity contribution in [2.75, 3.05) is 6.54 Å². The zero-order valence-corrected chi connectivity index (χ0v) is 14.8. The van der Waals surface area contributed by atoms with Gasteiger partial charge in [0.05, 0.1) is 4.90 Å². The molecule has 130 valence electrons. The van der Waals surface area contributed by atoms with Crippen molar-refractivity contribution in [2.24, 2.45) is 23.5 Å².